The molecule has 0 aliphatic carbocycles. The fourth-order valence-corrected chi connectivity index (χ4v) is 2.74. The molecule has 0 unspecified atom stereocenters. The van der Waals surface area contributed by atoms with Gasteiger partial charge < -0.3 is 10.8 Å². The molecule has 0 fully saturated rings. The third kappa shape index (κ3) is 3.88. The molecule has 0 aliphatic heterocycles. The Morgan fingerprint density at radius 1 is 1.32 bits per heavy atom. The number of nitrogens with two attached hydrogens (primary N) is 1. The zero-order valence-corrected chi connectivity index (χ0v) is 12.8. The fourth-order valence-electron chi connectivity index (χ4n) is 1.90. The molecule has 0 atom stereocenters. The standard InChI is InChI=1S/C15H16FN3O2S/c1-2-19(15(20)21)12-7-8-13(18-14(12)17)22-9-10-3-5-11(16)6-4-10/h3-8H,2,9H2,1H3,(H2,17,18)(H,20,21). The smallest absolute Gasteiger partial charge is 0.411 e. The average molecular weight is 321 g/mol. The van der Waals surface area contributed by atoms with E-state index in [9.17, 15) is 9.18 Å². The van der Waals surface area contributed by atoms with Crippen molar-refractivity contribution in [2.45, 2.75) is 17.7 Å². The highest BCUT2D eigenvalue weighted by atomic mass is 32.2. The second kappa shape index (κ2) is 7.13. The number of amides is 1. The van der Waals surface area contributed by atoms with Gasteiger partial charge in [-0.2, -0.15) is 0 Å². The highest BCUT2D eigenvalue weighted by Gasteiger charge is 2.16. The van der Waals surface area contributed by atoms with Crippen LogP contribution in [0.2, 0.25) is 0 Å². The number of thioether (sulfide) groups is 1. The molecule has 22 heavy (non-hydrogen) atoms. The Labute approximate surface area is 132 Å². The molecule has 1 aromatic carbocycles. The Bertz CT molecular complexity index is 664. The summed E-state index contributed by atoms with van der Waals surface area (Å²) in [5.74, 6) is 0.532. The van der Waals surface area contributed by atoms with Crippen LogP contribution in [0.1, 0.15) is 12.5 Å². The van der Waals surface area contributed by atoms with E-state index >= 15 is 0 Å². The molecule has 1 aromatic heterocycles. The number of aromatic nitrogens is 1. The van der Waals surface area contributed by atoms with Crippen molar-refractivity contribution >= 4 is 29.4 Å². The summed E-state index contributed by atoms with van der Waals surface area (Å²) >= 11 is 1.45. The molecule has 0 radical (unpaired) electrons. The van der Waals surface area contributed by atoms with Crippen LogP contribution in [0, 0.1) is 5.82 Å². The van der Waals surface area contributed by atoms with Crippen molar-refractivity contribution in [3.63, 3.8) is 0 Å². The third-order valence-electron chi connectivity index (χ3n) is 3.01. The predicted octanol–water partition coefficient (Wildman–Crippen LogP) is 3.60. The van der Waals surface area contributed by atoms with Crippen LogP contribution >= 0.6 is 11.8 Å². The minimum atomic E-state index is -1.07. The van der Waals surface area contributed by atoms with Crippen molar-refractivity contribution in [1.29, 1.82) is 0 Å². The molecule has 1 amide bonds. The van der Waals surface area contributed by atoms with Crippen LogP contribution in [-0.4, -0.2) is 22.7 Å². The Morgan fingerprint density at radius 2 is 2.00 bits per heavy atom. The van der Waals surface area contributed by atoms with Crippen molar-refractivity contribution in [2.75, 3.05) is 17.2 Å². The van der Waals surface area contributed by atoms with Crippen LogP contribution < -0.4 is 10.6 Å². The SMILES string of the molecule is CCN(C(=O)O)c1ccc(SCc2ccc(F)cc2)nc1N. The maximum absolute atomic E-state index is 12.8. The lowest BCUT2D eigenvalue weighted by Gasteiger charge is -2.18. The fraction of sp³-hybridized carbons (Fsp3) is 0.200. The average Bonchev–Trinajstić information content (AvgIpc) is 2.49. The highest BCUT2D eigenvalue weighted by molar-refractivity contribution is 7.98. The number of benzene rings is 1. The molecule has 0 saturated carbocycles. The summed E-state index contributed by atoms with van der Waals surface area (Å²) in [5, 5.41) is 9.79. The van der Waals surface area contributed by atoms with Gasteiger partial charge in [-0.3, -0.25) is 4.90 Å². The van der Waals surface area contributed by atoms with Gasteiger partial charge in [0.2, 0.25) is 0 Å². The summed E-state index contributed by atoms with van der Waals surface area (Å²) in [6.45, 7) is 2.02. The third-order valence-corrected chi connectivity index (χ3v) is 4.02. The van der Waals surface area contributed by atoms with Crippen LogP contribution in [-0.2, 0) is 5.75 Å². The summed E-state index contributed by atoms with van der Waals surface area (Å²) in [6, 6.07) is 9.62. The molecule has 2 rings (SSSR count). The van der Waals surface area contributed by atoms with Crippen molar-refractivity contribution in [1.82, 2.24) is 4.98 Å². The van der Waals surface area contributed by atoms with Crippen LogP contribution in [0.4, 0.5) is 20.7 Å². The summed E-state index contributed by atoms with van der Waals surface area (Å²) in [5.41, 5.74) is 7.19. The first kappa shape index (κ1) is 16.1. The molecule has 2 aromatic rings. The zero-order chi connectivity index (χ0) is 16.1. The van der Waals surface area contributed by atoms with Crippen LogP contribution in [0.3, 0.4) is 0 Å². The van der Waals surface area contributed by atoms with E-state index in [4.69, 9.17) is 10.8 Å². The lowest BCUT2D eigenvalue weighted by atomic mass is 10.2. The molecule has 3 N–H and O–H groups in total. The number of hydrogen-bond donors (Lipinski definition) is 2. The van der Waals surface area contributed by atoms with Crippen molar-refractivity contribution in [3.8, 4) is 0 Å². The second-order valence-electron chi connectivity index (χ2n) is 4.50. The largest absolute Gasteiger partial charge is 0.465 e. The number of carboxylic acid groups (broad SMARTS) is 1. The van der Waals surface area contributed by atoms with E-state index < -0.39 is 6.09 Å². The molecular formula is C15H16FN3O2S. The Balaban J connectivity index is 2.09. The van der Waals surface area contributed by atoms with Crippen LogP contribution in [0.15, 0.2) is 41.4 Å². The number of halogens is 1. The number of anilines is 2. The number of nitrogen functional groups attached to an aromatic ring is 1. The molecule has 5 nitrogen and oxygen atoms in total. The Hall–Kier alpha value is -2.28. The monoisotopic (exact) mass is 321 g/mol. The van der Waals surface area contributed by atoms with Gasteiger partial charge >= 0.3 is 6.09 Å². The lowest BCUT2D eigenvalue weighted by Crippen LogP contribution is -2.29. The summed E-state index contributed by atoms with van der Waals surface area (Å²) in [6.07, 6.45) is -1.07. The highest BCUT2D eigenvalue weighted by Crippen LogP contribution is 2.27. The Kier molecular flexibility index (Phi) is 5.21. The molecule has 0 bridgehead atoms. The minimum Gasteiger partial charge on any atom is -0.465 e. The van der Waals surface area contributed by atoms with Crippen LogP contribution in [0.5, 0.6) is 0 Å². The van der Waals surface area contributed by atoms with Crippen molar-refractivity contribution in [2.24, 2.45) is 0 Å². The molecule has 1 heterocycles. The van der Waals surface area contributed by atoms with Gasteiger partial charge in [-0.05, 0) is 36.8 Å². The van der Waals surface area contributed by atoms with E-state index in [1.807, 2.05) is 0 Å². The van der Waals surface area contributed by atoms with E-state index in [-0.39, 0.29) is 11.6 Å². The van der Waals surface area contributed by atoms with Gasteiger partial charge in [-0.15, -0.1) is 11.8 Å². The number of rotatable bonds is 5. The van der Waals surface area contributed by atoms with E-state index in [0.717, 1.165) is 10.5 Å². The first-order chi connectivity index (χ1) is 10.5. The summed E-state index contributed by atoms with van der Waals surface area (Å²) < 4.78 is 12.8. The normalized spacial score (nSPS) is 10.5. The van der Waals surface area contributed by atoms with Crippen molar-refractivity contribution < 1.29 is 14.3 Å². The number of carbonyl (C=O) groups is 1. The quantitative estimate of drug-likeness (QED) is 0.823. The van der Waals surface area contributed by atoms with Crippen LogP contribution in [0.25, 0.3) is 0 Å². The van der Waals surface area contributed by atoms with Gasteiger partial charge in [0.1, 0.15) is 11.6 Å². The van der Waals surface area contributed by atoms with E-state index in [2.05, 4.69) is 4.98 Å². The van der Waals surface area contributed by atoms with Gasteiger partial charge in [-0.25, -0.2) is 14.2 Å². The topological polar surface area (TPSA) is 79.5 Å². The van der Waals surface area contributed by atoms with Gasteiger partial charge in [0, 0.05) is 12.3 Å². The van der Waals surface area contributed by atoms with Gasteiger partial charge in [0.25, 0.3) is 0 Å². The number of hydrogen-bond acceptors (Lipinski definition) is 4. The zero-order valence-electron chi connectivity index (χ0n) is 12.0. The molecule has 116 valence electrons. The van der Waals surface area contributed by atoms with Crippen molar-refractivity contribution in [3.05, 3.63) is 47.8 Å². The first-order valence-corrected chi connectivity index (χ1v) is 7.64. The van der Waals surface area contributed by atoms with E-state index in [0.29, 0.717) is 23.0 Å². The summed E-state index contributed by atoms with van der Waals surface area (Å²) in [7, 11) is 0. The second-order valence-corrected chi connectivity index (χ2v) is 5.49. The molecule has 0 aliphatic rings. The van der Waals surface area contributed by atoms with Gasteiger partial charge in [0.15, 0.2) is 0 Å². The predicted molar refractivity (Wildman–Crippen MR) is 85.7 cm³/mol. The van der Waals surface area contributed by atoms with Gasteiger partial charge in [0.05, 0.1) is 10.7 Å². The maximum atomic E-state index is 12.8. The Morgan fingerprint density at radius 3 is 2.55 bits per heavy atom. The first-order valence-electron chi connectivity index (χ1n) is 6.65. The van der Waals surface area contributed by atoms with E-state index in [1.54, 1.807) is 31.2 Å². The molecular weight excluding hydrogens is 305 g/mol. The van der Waals surface area contributed by atoms with Gasteiger partial charge in [-0.1, -0.05) is 12.1 Å². The minimum absolute atomic E-state index is 0.174. The maximum Gasteiger partial charge on any atom is 0.411 e. The number of nitrogens with zero attached hydrogens (tertiary/aromatic N) is 2. The molecule has 7 heteroatoms. The lowest BCUT2D eigenvalue weighted by molar-refractivity contribution is 0.202. The van der Waals surface area contributed by atoms with E-state index in [1.165, 1.54) is 23.9 Å². The molecule has 0 spiro atoms. The molecule has 0 saturated heterocycles. The number of pyridine rings is 1. The summed E-state index contributed by atoms with van der Waals surface area (Å²) in [4.78, 5) is 16.5.